The number of hydrogen-bond donors (Lipinski definition) is 0. The van der Waals surface area contributed by atoms with Crippen molar-refractivity contribution in [3.8, 4) is 0 Å². The van der Waals surface area contributed by atoms with Crippen LogP contribution in [0.2, 0.25) is 5.02 Å². The Morgan fingerprint density at radius 3 is 2.42 bits per heavy atom. The van der Waals surface area contributed by atoms with Gasteiger partial charge in [-0.05, 0) is 41.3 Å². The van der Waals surface area contributed by atoms with Gasteiger partial charge in [0.05, 0.1) is 4.83 Å². The lowest BCUT2D eigenvalue weighted by molar-refractivity contribution is 0.920. The van der Waals surface area contributed by atoms with Gasteiger partial charge >= 0.3 is 0 Å². The minimum Gasteiger partial charge on any atom is -0.0843 e. The first-order valence-corrected chi connectivity index (χ1v) is 8.38. The van der Waals surface area contributed by atoms with Gasteiger partial charge in [-0.25, -0.2) is 0 Å². The highest BCUT2D eigenvalue weighted by Gasteiger charge is 2.14. The Bertz CT molecular complexity index is 549. The Balaban J connectivity index is 2.27. The second kappa shape index (κ2) is 6.92. The summed E-state index contributed by atoms with van der Waals surface area (Å²) in [5, 5.41) is 0.755. The van der Waals surface area contributed by atoms with Crippen LogP contribution in [-0.2, 0) is 6.42 Å². The normalized spacial score (nSPS) is 12.4. The maximum Gasteiger partial charge on any atom is 0.0656 e. The fourth-order valence-electron chi connectivity index (χ4n) is 2.03. The predicted octanol–water partition coefficient (Wildman–Crippen LogP) is 6.54. The molecule has 0 fully saturated rings. The van der Waals surface area contributed by atoms with E-state index in [1.807, 2.05) is 18.2 Å². The van der Waals surface area contributed by atoms with Gasteiger partial charge in [-0.2, -0.15) is 0 Å². The minimum atomic E-state index is 0.149. The second-order valence-electron chi connectivity index (χ2n) is 4.52. The summed E-state index contributed by atoms with van der Waals surface area (Å²) in [5.41, 5.74) is 3.77. The lowest BCUT2D eigenvalue weighted by atomic mass is 10.0. The standard InChI is InChI=1S/C16H15Br2Cl/c1-2-3-11-4-6-12(7-5-11)16(18)14-10-13(19)8-9-15(14)17/h4-10,16H,2-3H2,1H3. The van der Waals surface area contributed by atoms with Crippen LogP contribution in [0.25, 0.3) is 0 Å². The highest BCUT2D eigenvalue weighted by molar-refractivity contribution is 9.11. The molecule has 0 aliphatic carbocycles. The molecular weight excluding hydrogens is 387 g/mol. The minimum absolute atomic E-state index is 0.149. The van der Waals surface area contributed by atoms with Crippen LogP contribution in [0.5, 0.6) is 0 Å². The third-order valence-electron chi connectivity index (χ3n) is 3.04. The van der Waals surface area contributed by atoms with Gasteiger partial charge in [0, 0.05) is 9.50 Å². The van der Waals surface area contributed by atoms with E-state index in [1.54, 1.807) is 0 Å². The Hall–Kier alpha value is -0.310. The van der Waals surface area contributed by atoms with Gasteiger partial charge in [0.15, 0.2) is 0 Å². The summed E-state index contributed by atoms with van der Waals surface area (Å²) in [6, 6.07) is 14.6. The molecule has 0 aromatic heterocycles. The fourth-order valence-corrected chi connectivity index (χ4v) is 3.68. The van der Waals surface area contributed by atoms with Gasteiger partial charge in [-0.15, -0.1) is 0 Å². The van der Waals surface area contributed by atoms with Crippen molar-refractivity contribution >= 4 is 43.5 Å². The lowest BCUT2D eigenvalue weighted by Gasteiger charge is -2.14. The van der Waals surface area contributed by atoms with Crippen LogP contribution in [-0.4, -0.2) is 0 Å². The summed E-state index contributed by atoms with van der Waals surface area (Å²) in [6.07, 6.45) is 2.31. The molecule has 0 nitrogen and oxygen atoms in total. The molecule has 2 aromatic carbocycles. The molecule has 0 spiro atoms. The largest absolute Gasteiger partial charge is 0.0843 e. The number of alkyl halides is 1. The fraction of sp³-hybridized carbons (Fsp3) is 0.250. The van der Waals surface area contributed by atoms with Gasteiger partial charge in [0.2, 0.25) is 0 Å². The number of aryl methyl sites for hydroxylation is 1. The first kappa shape index (κ1) is 15.1. The summed E-state index contributed by atoms with van der Waals surface area (Å²) >= 11 is 13.4. The van der Waals surface area contributed by atoms with Crippen molar-refractivity contribution in [1.29, 1.82) is 0 Å². The number of rotatable bonds is 4. The molecule has 0 bridgehead atoms. The van der Waals surface area contributed by atoms with E-state index in [1.165, 1.54) is 17.5 Å². The van der Waals surface area contributed by atoms with Gasteiger partial charge in [0.1, 0.15) is 0 Å². The number of hydrogen-bond acceptors (Lipinski definition) is 0. The summed E-state index contributed by atoms with van der Waals surface area (Å²) in [4.78, 5) is 0.149. The van der Waals surface area contributed by atoms with Crippen LogP contribution < -0.4 is 0 Å². The first-order valence-electron chi connectivity index (χ1n) is 6.29. The number of benzene rings is 2. The third kappa shape index (κ3) is 3.84. The summed E-state index contributed by atoms with van der Waals surface area (Å²) in [5.74, 6) is 0. The van der Waals surface area contributed by atoms with Gasteiger partial charge in [0.25, 0.3) is 0 Å². The molecule has 0 aliphatic rings. The molecule has 1 unspecified atom stereocenters. The SMILES string of the molecule is CCCc1ccc(C(Br)c2cc(Cl)ccc2Br)cc1. The van der Waals surface area contributed by atoms with E-state index in [-0.39, 0.29) is 4.83 Å². The lowest BCUT2D eigenvalue weighted by Crippen LogP contribution is -1.95. The van der Waals surface area contributed by atoms with Crippen LogP contribution in [0, 0.1) is 0 Å². The van der Waals surface area contributed by atoms with Crippen molar-refractivity contribution in [2.45, 2.75) is 24.6 Å². The molecule has 100 valence electrons. The Kier molecular flexibility index (Phi) is 5.49. The quantitative estimate of drug-likeness (QED) is 0.509. The van der Waals surface area contributed by atoms with Crippen LogP contribution in [0.15, 0.2) is 46.9 Å². The highest BCUT2D eigenvalue weighted by atomic mass is 79.9. The van der Waals surface area contributed by atoms with E-state index in [4.69, 9.17) is 11.6 Å². The molecule has 0 radical (unpaired) electrons. The smallest absolute Gasteiger partial charge is 0.0656 e. The van der Waals surface area contributed by atoms with Gasteiger partial charge < -0.3 is 0 Å². The average molecular weight is 403 g/mol. The highest BCUT2D eigenvalue weighted by Crippen LogP contribution is 2.36. The van der Waals surface area contributed by atoms with Crippen LogP contribution in [0.3, 0.4) is 0 Å². The van der Waals surface area contributed by atoms with Crippen molar-refractivity contribution in [1.82, 2.24) is 0 Å². The second-order valence-corrected chi connectivity index (χ2v) is 6.73. The third-order valence-corrected chi connectivity index (χ3v) is 5.02. The van der Waals surface area contributed by atoms with E-state index in [2.05, 4.69) is 63.0 Å². The van der Waals surface area contributed by atoms with Crippen molar-refractivity contribution in [2.24, 2.45) is 0 Å². The summed E-state index contributed by atoms with van der Waals surface area (Å²) in [7, 11) is 0. The van der Waals surface area contributed by atoms with Gasteiger partial charge in [-0.1, -0.05) is 81.1 Å². The molecule has 0 N–H and O–H groups in total. The van der Waals surface area contributed by atoms with Crippen LogP contribution in [0.1, 0.15) is 34.9 Å². The molecule has 0 amide bonds. The zero-order valence-corrected chi connectivity index (χ0v) is 14.6. The zero-order valence-electron chi connectivity index (χ0n) is 10.7. The Morgan fingerprint density at radius 2 is 1.79 bits per heavy atom. The van der Waals surface area contributed by atoms with E-state index >= 15 is 0 Å². The summed E-state index contributed by atoms with van der Waals surface area (Å²) in [6.45, 7) is 2.20. The molecule has 3 heteroatoms. The average Bonchev–Trinajstić information content (AvgIpc) is 2.42. The monoisotopic (exact) mass is 400 g/mol. The predicted molar refractivity (Wildman–Crippen MR) is 90.4 cm³/mol. The van der Waals surface area contributed by atoms with Crippen molar-refractivity contribution in [3.63, 3.8) is 0 Å². The molecule has 0 aliphatic heterocycles. The maximum absolute atomic E-state index is 6.07. The molecular formula is C16H15Br2Cl. The molecule has 2 aromatic rings. The van der Waals surface area contributed by atoms with E-state index < -0.39 is 0 Å². The van der Waals surface area contributed by atoms with Crippen molar-refractivity contribution < 1.29 is 0 Å². The molecule has 19 heavy (non-hydrogen) atoms. The molecule has 0 saturated carbocycles. The molecule has 0 heterocycles. The van der Waals surface area contributed by atoms with E-state index in [0.717, 1.165) is 21.5 Å². The topological polar surface area (TPSA) is 0 Å². The molecule has 2 rings (SSSR count). The van der Waals surface area contributed by atoms with E-state index in [0.29, 0.717) is 0 Å². The van der Waals surface area contributed by atoms with E-state index in [9.17, 15) is 0 Å². The van der Waals surface area contributed by atoms with Crippen LogP contribution >= 0.6 is 43.5 Å². The van der Waals surface area contributed by atoms with Crippen molar-refractivity contribution in [2.75, 3.05) is 0 Å². The maximum atomic E-state index is 6.07. The van der Waals surface area contributed by atoms with Crippen LogP contribution in [0.4, 0.5) is 0 Å². The Morgan fingerprint density at radius 1 is 1.11 bits per heavy atom. The molecule has 0 saturated heterocycles. The first-order chi connectivity index (χ1) is 9.11. The van der Waals surface area contributed by atoms with Gasteiger partial charge in [-0.3, -0.25) is 0 Å². The summed E-state index contributed by atoms with van der Waals surface area (Å²) < 4.78 is 1.07. The Labute approximate surface area is 136 Å². The molecule has 1 atom stereocenters. The number of halogens is 3. The zero-order chi connectivity index (χ0) is 13.8. The van der Waals surface area contributed by atoms with Crippen molar-refractivity contribution in [3.05, 3.63) is 68.7 Å².